The van der Waals surface area contributed by atoms with Gasteiger partial charge in [0.25, 0.3) is 5.89 Å². The largest absolute Gasteiger partial charge is 0.501 e. The van der Waals surface area contributed by atoms with Gasteiger partial charge in [0.05, 0.1) is 12.1 Å². The van der Waals surface area contributed by atoms with Crippen molar-refractivity contribution in [3.63, 3.8) is 0 Å². The van der Waals surface area contributed by atoms with Gasteiger partial charge in [-0.3, -0.25) is 0 Å². The molecule has 1 aliphatic carbocycles. The minimum atomic E-state index is -0.501. The third-order valence-electron chi connectivity index (χ3n) is 5.88. The van der Waals surface area contributed by atoms with Crippen LogP contribution in [-0.4, -0.2) is 43.8 Å². The van der Waals surface area contributed by atoms with Gasteiger partial charge in [0, 0.05) is 0 Å². The highest BCUT2D eigenvalue weighted by Crippen LogP contribution is 2.29. The van der Waals surface area contributed by atoms with Gasteiger partial charge < -0.3 is 9.26 Å². The Balaban J connectivity index is 1.40. The highest BCUT2D eigenvalue weighted by molar-refractivity contribution is 6.16. The summed E-state index contributed by atoms with van der Waals surface area (Å²) in [6.45, 7) is 2.77. The third-order valence-corrected chi connectivity index (χ3v) is 5.88. The van der Waals surface area contributed by atoms with Crippen LogP contribution in [0.5, 0.6) is 5.75 Å². The second-order valence-electron chi connectivity index (χ2n) is 8.29. The number of aromatic nitrogens is 2. The molecule has 0 radical (unpaired) electrons. The maximum absolute atomic E-state index is 13.2. The molecular weight excluding hydrogens is 444 g/mol. The molecule has 8 heteroatoms. The van der Waals surface area contributed by atoms with Crippen molar-refractivity contribution in [3.05, 3.63) is 90.4 Å². The smallest absolute Gasteiger partial charge is 0.488 e. The lowest BCUT2D eigenvalue weighted by atomic mass is 9.94. The second kappa shape index (κ2) is 9.89. The number of nitrogens with zero attached hydrogens (tertiary/aromatic N) is 4. The summed E-state index contributed by atoms with van der Waals surface area (Å²) in [5, 5.41) is 4.14. The predicted molar refractivity (Wildman–Crippen MR) is 129 cm³/mol. The van der Waals surface area contributed by atoms with Crippen molar-refractivity contribution in [1.82, 2.24) is 15.0 Å². The fourth-order valence-electron chi connectivity index (χ4n) is 4.18. The van der Waals surface area contributed by atoms with Gasteiger partial charge in [-0.1, -0.05) is 72.8 Å². The molecule has 5 rings (SSSR count). The molecule has 2 heterocycles. The number of para-hydroxylation sites is 1. The normalized spacial score (nSPS) is 17.2. The quantitative estimate of drug-likeness (QED) is 0.455. The number of hydrogen-bond acceptors (Lipinski definition) is 6. The number of carbonyl (C=O) groups excluding carboxylic acids is 2. The number of allylic oxidation sites excluding steroid dienone is 3. The summed E-state index contributed by atoms with van der Waals surface area (Å²) in [4.78, 5) is 31.9. The molecule has 0 bridgehead atoms. The molecule has 8 nitrogen and oxygen atoms in total. The van der Waals surface area contributed by atoms with Crippen molar-refractivity contribution in [2.24, 2.45) is 5.92 Å². The number of benzene rings is 2. The summed E-state index contributed by atoms with van der Waals surface area (Å²) in [7, 11) is 0. The molecular formula is C27H25N4O4+. The van der Waals surface area contributed by atoms with Gasteiger partial charge in [0.15, 0.2) is 6.54 Å². The molecule has 1 aromatic heterocycles. The van der Waals surface area contributed by atoms with Crippen molar-refractivity contribution < 1.29 is 23.4 Å². The highest BCUT2D eigenvalue weighted by Gasteiger charge is 2.46. The molecule has 1 aliphatic heterocycles. The Bertz CT molecular complexity index is 1340. The Morgan fingerprint density at radius 1 is 1.06 bits per heavy atom. The van der Waals surface area contributed by atoms with E-state index in [9.17, 15) is 9.59 Å². The van der Waals surface area contributed by atoms with E-state index in [2.05, 4.69) is 10.1 Å². The Morgan fingerprint density at radius 2 is 1.86 bits per heavy atom. The van der Waals surface area contributed by atoms with E-state index in [-0.39, 0.29) is 24.4 Å². The van der Waals surface area contributed by atoms with Crippen LogP contribution in [0.25, 0.3) is 11.4 Å². The van der Waals surface area contributed by atoms with Crippen LogP contribution in [0.15, 0.2) is 83.4 Å². The van der Waals surface area contributed by atoms with Crippen molar-refractivity contribution in [3.8, 4) is 17.1 Å². The van der Waals surface area contributed by atoms with Crippen LogP contribution in [0.1, 0.15) is 24.8 Å². The number of ether oxygens (including phenoxy) is 1. The van der Waals surface area contributed by atoms with Crippen molar-refractivity contribution in [2.75, 3.05) is 6.54 Å². The standard InChI is InChI=1S/C27H25N4O4/c1-2-16-30-26(32)20-12-6-8-14-22(20)31(27(30)33)17-24-28-25(29-35-24)21-13-7-9-15-23(21)34-18-19-10-4-3-5-11-19/h3-15,20H,2,16-18H2,1H3/q+1. The number of carbonyl (C=O) groups is 2. The Labute approximate surface area is 202 Å². The molecule has 3 amide bonds. The molecule has 0 saturated carbocycles. The average molecular weight is 470 g/mol. The van der Waals surface area contributed by atoms with Gasteiger partial charge in [-0.15, -0.1) is 0 Å². The monoisotopic (exact) mass is 469 g/mol. The van der Waals surface area contributed by atoms with Gasteiger partial charge in [-0.2, -0.15) is 19.3 Å². The molecule has 2 aliphatic rings. The summed E-state index contributed by atoms with van der Waals surface area (Å²) >= 11 is 0. The summed E-state index contributed by atoms with van der Waals surface area (Å²) in [5.41, 5.74) is 2.35. The van der Waals surface area contributed by atoms with Crippen molar-refractivity contribution in [2.45, 2.75) is 26.5 Å². The lowest BCUT2D eigenvalue weighted by Crippen LogP contribution is -2.54. The second-order valence-corrected chi connectivity index (χ2v) is 8.29. The molecule has 0 fully saturated rings. The number of hydrogen-bond donors (Lipinski definition) is 0. The van der Waals surface area contributed by atoms with Crippen molar-refractivity contribution in [1.29, 1.82) is 0 Å². The van der Waals surface area contributed by atoms with E-state index in [1.807, 2.05) is 73.7 Å². The lowest BCUT2D eigenvalue weighted by Gasteiger charge is -2.26. The minimum Gasteiger partial charge on any atom is -0.488 e. The molecule has 0 N–H and O–H groups in total. The molecule has 0 saturated heterocycles. The van der Waals surface area contributed by atoms with Crippen LogP contribution in [-0.2, 0) is 17.9 Å². The Morgan fingerprint density at radius 3 is 2.69 bits per heavy atom. The molecule has 35 heavy (non-hydrogen) atoms. The van der Waals surface area contributed by atoms with Crippen LogP contribution in [0.3, 0.4) is 0 Å². The first-order valence-corrected chi connectivity index (χ1v) is 11.6. The number of imide groups is 1. The van der Waals surface area contributed by atoms with E-state index < -0.39 is 5.92 Å². The van der Waals surface area contributed by atoms with Gasteiger partial charge in [0.2, 0.25) is 5.82 Å². The number of amides is 3. The molecule has 0 spiro atoms. The molecule has 176 valence electrons. The van der Waals surface area contributed by atoms with E-state index in [1.54, 1.807) is 12.2 Å². The first-order chi connectivity index (χ1) is 17.2. The zero-order chi connectivity index (χ0) is 24.2. The maximum atomic E-state index is 13.2. The summed E-state index contributed by atoms with van der Waals surface area (Å²) in [6, 6.07) is 17.0. The van der Waals surface area contributed by atoms with Gasteiger partial charge in [0.1, 0.15) is 24.0 Å². The van der Waals surface area contributed by atoms with Gasteiger partial charge in [-0.05, 0) is 30.2 Å². The number of urea groups is 1. The topological polar surface area (TPSA) is 88.5 Å². The molecule has 1 atom stereocenters. The van der Waals surface area contributed by atoms with E-state index in [0.717, 1.165) is 5.56 Å². The highest BCUT2D eigenvalue weighted by atomic mass is 16.5. The Hall–Kier alpha value is -4.33. The van der Waals surface area contributed by atoms with E-state index >= 15 is 0 Å². The van der Waals surface area contributed by atoms with E-state index in [4.69, 9.17) is 9.26 Å². The third kappa shape index (κ3) is 4.55. The SMILES string of the molecule is CCCN1C(=O)C2C=CC=CC2=[N+](Cc2nc(-c3ccccc3OCc3ccccc3)no2)C1=O. The van der Waals surface area contributed by atoms with Crippen LogP contribution < -0.4 is 4.74 Å². The van der Waals surface area contributed by atoms with Gasteiger partial charge >= 0.3 is 11.9 Å². The van der Waals surface area contributed by atoms with Crippen LogP contribution >= 0.6 is 0 Å². The Kier molecular flexibility index (Phi) is 6.34. The average Bonchev–Trinajstić information content (AvgIpc) is 3.37. The zero-order valence-corrected chi connectivity index (χ0v) is 19.3. The van der Waals surface area contributed by atoms with Crippen LogP contribution in [0.4, 0.5) is 4.79 Å². The van der Waals surface area contributed by atoms with Crippen molar-refractivity contribution >= 4 is 17.6 Å². The van der Waals surface area contributed by atoms with E-state index in [0.29, 0.717) is 42.4 Å². The zero-order valence-electron chi connectivity index (χ0n) is 19.3. The minimum absolute atomic E-state index is 0.0659. The first-order valence-electron chi connectivity index (χ1n) is 11.6. The first kappa shape index (κ1) is 22.5. The fraction of sp³-hybridized carbons (Fsp3) is 0.222. The lowest BCUT2D eigenvalue weighted by molar-refractivity contribution is -0.460. The molecule has 3 aromatic rings. The molecule has 2 aromatic carbocycles. The van der Waals surface area contributed by atoms with Gasteiger partial charge in [-0.25, -0.2) is 4.79 Å². The number of rotatable bonds is 8. The maximum Gasteiger partial charge on any atom is 0.501 e. The van der Waals surface area contributed by atoms with Crippen LogP contribution in [0.2, 0.25) is 0 Å². The summed E-state index contributed by atoms with van der Waals surface area (Å²) in [6.07, 6.45) is 7.90. The predicted octanol–water partition coefficient (Wildman–Crippen LogP) is 4.38. The summed E-state index contributed by atoms with van der Waals surface area (Å²) in [5.74, 6) is 0.562. The van der Waals surface area contributed by atoms with Crippen LogP contribution in [0, 0.1) is 5.92 Å². The number of fused-ring (bicyclic) bond motifs is 1. The summed E-state index contributed by atoms with van der Waals surface area (Å²) < 4.78 is 13.1. The van der Waals surface area contributed by atoms with E-state index in [1.165, 1.54) is 9.48 Å². The molecule has 1 unspecified atom stereocenters. The fourth-order valence-corrected chi connectivity index (χ4v) is 4.18.